The molecule has 7 heteroatoms. The summed E-state index contributed by atoms with van der Waals surface area (Å²) in [5, 5.41) is 3.21. The van der Waals surface area contributed by atoms with E-state index in [4.69, 9.17) is 31.5 Å². The molecule has 6 nitrogen and oxygen atoms in total. The fourth-order valence-corrected chi connectivity index (χ4v) is 1.99. The van der Waals surface area contributed by atoms with E-state index in [-0.39, 0.29) is 12.5 Å². The monoisotopic (exact) mass is 316 g/mol. The Kier molecular flexibility index (Phi) is 7.89. The zero-order valence-electron chi connectivity index (χ0n) is 12.3. The summed E-state index contributed by atoms with van der Waals surface area (Å²) in [6, 6.07) is 3.40. The molecular weight excluding hydrogens is 296 g/mol. The maximum atomic E-state index is 11.6. The van der Waals surface area contributed by atoms with Gasteiger partial charge in [-0.3, -0.25) is 4.79 Å². The van der Waals surface area contributed by atoms with E-state index in [0.29, 0.717) is 42.6 Å². The number of nitrogens with two attached hydrogens (primary N) is 1. The van der Waals surface area contributed by atoms with Crippen molar-refractivity contribution in [2.75, 3.05) is 40.5 Å². The molecule has 0 bridgehead atoms. The second-order valence-corrected chi connectivity index (χ2v) is 4.70. The first-order chi connectivity index (χ1) is 10.1. The van der Waals surface area contributed by atoms with Crippen LogP contribution < -0.4 is 20.5 Å². The number of halogens is 1. The van der Waals surface area contributed by atoms with Crippen molar-refractivity contribution in [3.8, 4) is 11.5 Å². The van der Waals surface area contributed by atoms with Crippen molar-refractivity contribution in [3.05, 3.63) is 22.7 Å². The third-order valence-corrected chi connectivity index (χ3v) is 2.92. The summed E-state index contributed by atoms with van der Waals surface area (Å²) in [6.07, 6.45) is 0.581. The third-order valence-electron chi connectivity index (χ3n) is 2.71. The summed E-state index contributed by atoms with van der Waals surface area (Å²) in [6.45, 7) is 1.22. The molecule has 0 aromatic heterocycles. The molecule has 21 heavy (non-hydrogen) atoms. The van der Waals surface area contributed by atoms with Gasteiger partial charge >= 0.3 is 0 Å². The molecule has 1 rings (SSSR count). The third kappa shape index (κ3) is 5.79. The Morgan fingerprint density at radius 2 is 2.14 bits per heavy atom. The van der Waals surface area contributed by atoms with Gasteiger partial charge in [0.1, 0.15) is 0 Å². The Hall–Kier alpha value is -1.50. The molecule has 3 N–H and O–H groups in total. The van der Waals surface area contributed by atoms with Gasteiger partial charge in [0.2, 0.25) is 0 Å². The highest BCUT2D eigenvalue weighted by molar-refractivity contribution is 6.30. The first kappa shape index (κ1) is 17.6. The minimum atomic E-state index is -0.234. The number of ether oxygens (including phenoxy) is 3. The topological polar surface area (TPSA) is 82.8 Å². The van der Waals surface area contributed by atoms with E-state index in [9.17, 15) is 4.79 Å². The van der Waals surface area contributed by atoms with Gasteiger partial charge in [-0.2, -0.15) is 0 Å². The van der Waals surface area contributed by atoms with E-state index in [1.807, 2.05) is 0 Å². The molecule has 118 valence electrons. The van der Waals surface area contributed by atoms with Crippen LogP contribution >= 0.6 is 11.6 Å². The van der Waals surface area contributed by atoms with Gasteiger partial charge in [-0.25, -0.2) is 0 Å². The molecule has 0 fully saturated rings. The van der Waals surface area contributed by atoms with Gasteiger partial charge < -0.3 is 25.3 Å². The van der Waals surface area contributed by atoms with Gasteiger partial charge in [0.25, 0.3) is 5.91 Å². The van der Waals surface area contributed by atoms with Crippen molar-refractivity contribution >= 4 is 17.5 Å². The number of amides is 1. The number of hydrogen-bond donors (Lipinski definition) is 2. The number of carbonyl (C=O) groups is 1. The van der Waals surface area contributed by atoms with Crippen LogP contribution in [0.25, 0.3) is 0 Å². The number of rotatable bonds is 9. The minimum absolute atomic E-state index is 0.112. The number of hydrogen-bond acceptors (Lipinski definition) is 5. The molecule has 1 aromatic carbocycles. The highest BCUT2D eigenvalue weighted by Gasteiger charge is 2.14. The average Bonchev–Trinajstić information content (AvgIpc) is 2.46. The Morgan fingerprint density at radius 3 is 2.76 bits per heavy atom. The van der Waals surface area contributed by atoms with Crippen LogP contribution in [0.2, 0.25) is 5.02 Å². The van der Waals surface area contributed by atoms with Gasteiger partial charge in [0.15, 0.2) is 18.1 Å². The Balaban J connectivity index is 2.74. The van der Waals surface area contributed by atoms with Gasteiger partial charge in [-0.1, -0.05) is 11.6 Å². The molecule has 0 aliphatic heterocycles. The lowest BCUT2D eigenvalue weighted by atomic mass is 10.1. The quantitative estimate of drug-likeness (QED) is 0.664. The van der Waals surface area contributed by atoms with Gasteiger partial charge in [0, 0.05) is 30.3 Å². The standard InChI is InChI=1S/C14H21ClN2O4/c1-19-6-5-17-13(18)9-21-14-10(3-4-16)7-11(15)8-12(14)20-2/h7-8H,3-6,9,16H2,1-2H3,(H,17,18). The van der Waals surface area contributed by atoms with Crippen LogP contribution in [-0.2, 0) is 16.0 Å². The summed E-state index contributed by atoms with van der Waals surface area (Å²) >= 11 is 6.01. The van der Waals surface area contributed by atoms with Crippen molar-refractivity contribution in [1.82, 2.24) is 5.32 Å². The second kappa shape index (κ2) is 9.44. The molecule has 0 heterocycles. The molecule has 0 radical (unpaired) electrons. The molecule has 0 aliphatic rings. The molecule has 0 atom stereocenters. The summed E-state index contributed by atoms with van der Waals surface area (Å²) < 4.78 is 15.7. The van der Waals surface area contributed by atoms with Crippen molar-refractivity contribution in [1.29, 1.82) is 0 Å². The van der Waals surface area contributed by atoms with Gasteiger partial charge in [0.05, 0.1) is 13.7 Å². The summed E-state index contributed by atoms with van der Waals surface area (Å²) in [4.78, 5) is 11.6. The van der Waals surface area contributed by atoms with Crippen LogP contribution in [0.3, 0.4) is 0 Å². The minimum Gasteiger partial charge on any atom is -0.493 e. The molecule has 0 saturated carbocycles. The fraction of sp³-hybridized carbons (Fsp3) is 0.500. The Bertz CT molecular complexity index is 469. The number of carbonyl (C=O) groups excluding carboxylic acids is 1. The normalized spacial score (nSPS) is 10.3. The predicted octanol–water partition coefficient (Wildman–Crippen LogP) is 0.991. The lowest BCUT2D eigenvalue weighted by Crippen LogP contribution is -2.31. The van der Waals surface area contributed by atoms with E-state index in [1.54, 1.807) is 19.2 Å². The number of benzene rings is 1. The molecule has 1 aromatic rings. The first-order valence-electron chi connectivity index (χ1n) is 6.57. The zero-order valence-corrected chi connectivity index (χ0v) is 13.0. The molecule has 0 saturated heterocycles. The van der Waals surface area contributed by atoms with Gasteiger partial charge in [-0.05, 0) is 19.0 Å². The van der Waals surface area contributed by atoms with Crippen LogP contribution in [0.1, 0.15) is 5.56 Å². The average molecular weight is 317 g/mol. The zero-order chi connectivity index (χ0) is 15.7. The maximum Gasteiger partial charge on any atom is 0.258 e. The summed E-state index contributed by atoms with van der Waals surface area (Å²) in [5.74, 6) is 0.743. The lowest BCUT2D eigenvalue weighted by Gasteiger charge is -2.15. The van der Waals surface area contributed by atoms with E-state index >= 15 is 0 Å². The van der Waals surface area contributed by atoms with Crippen LogP contribution in [0, 0.1) is 0 Å². The summed E-state index contributed by atoms with van der Waals surface area (Å²) in [5.41, 5.74) is 6.39. The largest absolute Gasteiger partial charge is 0.493 e. The van der Waals surface area contributed by atoms with E-state index in [2.05, 4.69) is 5.32 Å². The van der Waals surface area contributed by atoms with Crippen molar-refractivity contribution in [3.63, 3.8) is 0 Å². The highest BCUT2D eigenvalue weighted by atomic mass is 35.5. The van der Waals surface area contributed by atoms with Crippen LogP contribution in [0.5, 0.6) is 11.5 Å². The highest BCUT2D eigenvalue weighted by Crippen LogP contribution is 2.34. The maximum absolute atomic E-state index is 11.6. The fourth-order valence-electron chi connectivity index (χ4n) is 1.76. The molecule has 0 aliphatic carbocycles. The molecule has 1 amide bonds. The van der Waals surface area contributed by atoms with Crippen LogP contribution in [0.15, 0.2) is 12.1 Å². The van der Waals surface area contributed by atoms with Crippen LogP contribution in [0.4, 0.5) is 0 Å². The number of nitrogens with one attached hydrogen (secondary N) is 1. The SMILES string of the molecule is COCCNC(=O)COc1c(CCN)cc(Cl)cc1OC. The first-order valence-corrected chi connectivity index (χ1v) is 6.95. The van der Waals surface area contributed by atoms with E-state index in [0.717, 1.165) is 5.56 Å². The molecular formula is C14H21ClN2O4. The number of methoxy groups -OCH3 is 2. The lowest BCUT2D eigenvalue weighted by molar-refractivity contribution is -0.123. The van der Waals surface area contributed by atoms with Crippen molar-refractivity contribution < 1.29 is 19.0 Å². The predicted molar refractivity (Wildman–Crippen MR) is 81.1 cm³/mol. The second-order valence-electron chi connectivity index (χ2n) is 4.27. The Labute approximate surface area is 129 Å². The van der Waals surface area contributed by atoms with Crippen LogP contribution in [-0.4, -0.2) is 46.4 Å². The molecule has 0 unspecified atom stereocenters. The Morgan fingerprint density at radius 1 is 1.38 bits per heavy atom. The van der Waals surface area contributed by atoms with Crippen molar-refractivity contribution in [2.45, 2.75) is 6.42 Å². The summed E-state index contributed by atoms with van der Waals surface area (Å²) in [7, 11) is 3.09. The van der Waals surface area contributed by atoms with E-state index in [1.165, 1.54) is 7.11 Å². The smallest absolute Gasteiger partial charge is 0.258 e. The molecule has 0 spiro atoms. The van der Waals surface area contributed by atoms with Gasteiger partial charge in [-0.15, -0.1) is 0 Å². The van der Waals surface area contributed by atoms with E-state index < -0.39 is 0 Å². The van der Waals surface area contributed by atoms with Crippen molar-refractivity contribution in [2.24, 2.45) is 5.73 Å².